The van der Waals surface area contributed by atoms with E-state index in [0.29, 0.717) is 11.8 Å². The van der Waals surface area contributed by atoms with Gasteiger partial charge in [0.25, 0.3) is 11.1 Å². The maximum absolute atomic E-state index is 11.2. The summed E-state index contributed by atoms with van der Waals surface area (Å²) in [6.45, 7) is 0. The van der Waals surface area contributed by atoms with Crippen molar-refractivity contribution in [2.75, 3.05) is 0 Å². The number of hydrogen-bond donors (Lipinski definition) is 2. The van der Waals surface area contributed by atoms with Crippen molar-refractivity contribution in [1.29, 1.82) is 0 Å². The summed E-state index contributed by atoms with van der Waals surface area (Å²) in [4.78, 5) is 22.1. The Kier molecular flexibility index (Phi) is 2.81. The van der Waals surface area contributed by atoms with Crippen molar-refractivity contribution in [2.45, 2.75) is 5.09 Å². The fourth-order valence-corrected chi connectivity index (χ4v) is 2.20. The number of imide groups is 1. The molecule has 17 heavy (non-hydrogen) atoms. The summed E-state index contributed by atoms with van der Waals surface area (Å²) in [5.74, 6) is -0.533. The molecule has 0 radical (unpaired) electrons. The molecule has 2 heterocycles. The van der Waals surface area contributed by atoms with Crippen LogP contribution in [0.2, 0.25) is 0 Å². The van der Waals surface area contributed by atoms with Gasteiger partial charge in [-0.25, -0.2) is 0 Å². The first-order chi connectivity index (χ1) is 7.86. The van der Waals surface area contributed by atoms with Gasteiger partial charge in [0.05, 0.1) is 4.91 Å². The van der Waals surface area contributed by atoms with Crippen LogP contribution in [-0.2, 0) is 14.9 Å². The zero-order valence-electron chi connectivity index (χ0n) is 8.04. The van der Waals surface area contributed by atoms with Crippen LogP contribution in [0.25, 0.3) is 6.08 Å². The fraction of sp³-hybridized carbons (Fsp3) is 0. The molecule has 2 amide bonds. The molecular formula is C8H5NO6S2. The average Bonchev–Trinajstić information content (AvgIpc) is 2.74. The van der Waals surface area contributed by atoms with E-state index in [1.165, 1.54) is 12.1 Å². The highest BCUT2D eigenvalue weighted by atomic mass is 32.2. The molecule has 1 saturated heterocycles. The Bertz CT molecular complexity index is 626. The lowest BCUT2D eigenvalue weighted by atomic mass is 10.4. The van der Waals surface area contributed by atoms with Gasteiger partial charge in [-0.15, -0.1) is 0 Å². The van der Waals surface area contributed by atoms with Crippen LogP contribution in [0.15, 0.2) is 26.5 Å². The topological polar surface area (TPSA) is 114 Å². The summed E-state index contributed by atoms with van der Waals surface area (Å²) >= 11 is 0.675. The minimum atomic E-state index is -4.41. The van der Waals surface area contributed by atoms with E-state index in [-0.39, 0.29) is 10.7 Å². The van der Waals surface area contributed by atoms with Crippen LogP contribution in [0, 0.1) is 0 Å². The highest BCUT2D eigenvalue weighted by Crippen LogP contribution is 2.26. The monoisotopic (exact) mass is 275 g/mol. The smallest absolute Gasteiger partial charge is 0.328 e. The van der Waals surface area contributed by atoms with E-state index in [4.69, 9.17) is 8.97 Å². The molecule has 7 nitrogen and oxygen atoms in total. The van der Waals surface area contributed by atoms with Gasteiger partial charge in [-0.1, -0.05) is 0 Å². The number of rotatable bonds is 2. The molecule has 0 atom stereocenters. The second-order valence-electron chi connectivity index (χ2n) is 2.98. The molecular weight excluding hydrogens is 270 g/mol. The first-order valence-electron chi connectivity index (χ1n) is 4.18. The van der Waals surface area contributed by atoms with Crippen LogP contribution in [-0.4, -0.2) is 24.1 Å². The summed E-state index contributed by atoms with van der Waals surface area (Å²) in [6, 6.07) is 2.30. The Morgan fingerprint density at radius 1 is 1.35 bits per heavy atom. The summed E-state index contributed by atoms with van der Waals surface area (Å²) in [5.41, 5.74) is 0. The lowest BCUT2D eigenvalue weighted by Crippen LogP contribution is -2.17. The number of hydrogen-bond acceptors (Lipinski definition) is 6. The van der Waals surface area contributed by atoms with Gasteiger partial charge in [0, 0.05) is 6.08 Å². The normalized spacial score (nSPS) is 18.8. The Morgan fingerprint density at radius 2 is 2.06 bits per heavy atom. The Labute approximate surface area is 99.6 Å². The van der Waals surface area contributed by atoms with Gasteiger partial charge in [-0.05, 0) is 23.9 Å². The molecule has 2 N–H and O–H groups in total. The second kappa shape index (κ2) is 4.02. The Morgan fingerprint density at radius 3 is 2.53 bits per heavy atom. The molecule has 1 fully saturated rings. The molecule has 1 aromatic rings. The molecule has 0 aromatic carbocycles. The van der Waals surface area contributed by atoms with E-state index in [0.717, 1.165) is 6.07 Å². The van der Waals surface area contributed by atoms with Crippen molar-refractivity contribution in [3.05, 3.63) is 22.8 Å². The van der Waals surface area contributed by atoms with Gasteiger partial charge >= 0.3 is 10.1 Å². The molecule has 90 valence electrons. The largest absolute Gasteiger partial charge is 0.443 e. The van der Waals surface area contributed by atoms with Crippen molar-refractivity contribution in [2.24, 2.45) is 0 Å². The second-order valence-corrected chi connectivity index (χ2v) is 5.35. The minimum absolute atomic E-state index is 0.0463. The predicted octanol–water partition coefficient (Wildman–Crippen LogP) is 0.850. The maximum atomic E-state index is 11.2. The Balaban J connectivity index is 2.31. The van der Waals surface area contributed by atoms with Gasteiger partial charge in [0.1, 0.15) is 5.76 Å². The van der Waals surface area contributed by atoms with Gasteiger partial charge in [0.2, 0.25) is 5.09 Å². The molecule has 9 heteroatoms. The highest BCUT2D eigenvalue weighted by molar-refractivity contribution is 8.18. The van der Waals surface area contributed by atoms with E-state index in [9.17, 15) is 18.0 Å². The molecule has 0 bridgehead atoms. The third kappa shape index (κ3) is 2.57. The van der Waals surface area contributed by atoms with Crippen LogP contribution in [0.4, 0.5) is 4.79 Å². The van der Waals surface area contributed by atoms with Crippen LogP contribution >= 0.6 is 11.8 Å². The van der Waals surface area contributed by atoms with Crippen molar-refractivity contribution in [3.8, 4) is 0 Å². The maximum Gasteiger partial charge on any atom is 0.328 e. The zero-order chi connectivity index (χ0) is 12.6. The van der Waals surface area contributed by atoms with E-state index in [1.54, 1.807) is 0 Å². The van der Waals surface area contributed by atoms with Crippen molar-refractivity contribution in [1.82, 2.24) is 5.32 Å². The lowest BCUT2D eigenvalue weighted by molar-refractivity contribution is -0.115. The predicted molar refractivity (Wildman–Crippen MR) is 57.6 cm³/mol. The molecule has 0 saturated carbocycles. The van der Waals surface area contributed by atoms with Gasteiger partial charge in [0.15, 0.2) is 0 Å². The van der Waals surface area contributed by atoms with Gasteiger partial charge in [-0.3, -0.25) is 19.5 Å². The van der Waals surface area contributed by atoms with Crippen molar-refractivity contribution in [3.63, 3.8) is 0 Å². The van der Waals surface area contributed by atoms with Gasteiger partial charge in [-0.2, -0.15) is 8.42 Å². The lowest BCUT2D eigenvalue weighted by Gasteiger charge is -1.90. The summed E-state index contributed by atoms with van der Waals surface area (Å²) in [6.07, 6.45) is 1.21. The number of amides is 2. The third-order valence-corrected chi connectivity index (χ3v) is 3.31. The standard InChI is InChI=1S/C8H5NO6S2/c10-7-5(16-8(11)9-7)3-4-1-2-6(15-4)17(12,13)14/h1-3H,(H,9,10,11)(H,12,13,14). The zero-order valence-corrected chi connectivity index (χ0v) is 9.67. The fourth-order valence-electron chi connectivity index (χ4n) is 1.10. The number of furan rings is 1. The third-order valence-electron chi connectivity index (χ3n) is 1.77. The molecule has 0 unspecified atom stereocenters. The average molecular weight is 275 g/mol. The van der Waals surface area contributed by atoms with E-state index in [1.807, 2.05) is 5.32 Å². The highest BCUT2D eigenvalue weighted by Gasteiger charge is 2.25. The van der Waals surface area contributed by atoms with E-state index >= 15 is 0 Å². The van der Waals surface area contributed by atoms with Crippen molar-refractivity contribution < 1.29 is 27.0 Å². The summed E-state index contributed by atoms with van der Waals surface area (Å²) in [7, 11) is -4.41. The molecule has 1 aromatic heterocycles. The first-order valence-corrected chi connectivity index (χ1v) is 6.44. The molecule has 1 aliphatic heterocycles. The summed E-state index contributed by atoms with van der Waals surface area (Å²) in [5, 5.41) is 0.895. The number of thioether (sulfide) groups is 1. The Hall–Kier alpha value is -1.58. The summed E-state index contributed by atoms with van der Waals surface area (Å²) < 4.78 is 34.9. The molecule has 0 spiro atoms. The molecule has 2 rings (SSSR count). The van der Waals surface area contributed by atoms with E-state index in [2.05, 4.69) is 0 Å². The van der Waals surface area contributed by atoms with Crippen LogP contribution in [0.5, 0.6) is 0 Å². The SMILES string of the molecule is O=C1NC(=O)C(=Cc2ccc(S(=O)(=O)O)o2)S1. The van der Waals surface area contributed by atoms with Crippen LogP contribution in [0.1, 0.15) is 5.76 Å². The van der Waals surface area contributed by atoms with E-state index < -0.39 is 26.4 Å². The minimum Gasteiger partial charge on any atom is -0.443 e. The molecule has 0 aliphatic carbocycles. The quantitative estimate of drug-likeness (QED) is 0.607. The number of carbonyl (C=O) groups is 2. The van der Waals surface area contributed by atoms with Crippen LogP contribution in [0.3, 0.4) is 0 Å². The van der Waals surface area contributed by atoms with Crippen LogP contribution < -0.4 is 5.32 Å². The van der Waals surface area contributed by atoms with Crippen molar-refractivity contribution >= 4 is 39.1 Å². The first kappa shape index (κ1) is 11.9. The molecule has 1 aliphatic rings. The number of nitrogens with one attached hydrogen (secondary N) is 1. The van der Waals surface area contributed by atoms with Gasteiger partial charge < -0.3 is 4.42 Å². The number of carbonyl (C=O) groups excluding carboxylic acids is 2.